The Morgan fingerprint density at radius 1 is 1.38 bits per heavy atom. The smallest absolute Gasteiger partial charge is 0.123 e. The molecular weight excluding hydrogens is 263 g/mol. The number of nitrogens with one attached hydrogen (secondary N) is 1. The van der Waals surface area contributed by atoms with Crippen LogP contribution in [0.15, 0.2) is 18.2 Å². The summed E-state index contributed by atoms with van der Waals surface area (Å²) in [5.41, 5.74) is 2.32. The predicted molar refractivity (Wildman–Crippen MR) is 86.9 cm³/mol. The van der Waals surface area contributed by atoms with Gasteiger partial charge in [0.05, 0.1) is 0 Å². The van der Waals surface area contributed by atoms with E-state index in [1.54, 1.807) is 12.1 Å². The van der Waals surface area contributed by atoms with Gasteiger partial charge in [-0.05, 0) is 69.5 Å². The quantitative estimate of drug-likeness (QED) is 0.856. The highest BCUT2D eigenvalue weighted by atomic mass is 19.1. The lowest BCUT2D eigenvalue weighted by Crippen LogP contribution is -2.50. The van der Waals surface area contributed by atoms with Crippen LogP contribution < -0.4 is 5.32 Å². The largest absolute Gasteiger partial charge is 0.313 e. The molecule has 1 aliphatic heterocycles. The molecule has 2 nitrogen and oxygen atoms in total. The third kappa shape index (κ3) is 4.52. The van der Waals surface area contributed by atoms with Gasteiger partial charge in [-0.15, -0.1) is 0 Å². The molecule has 1 heterocycles. The van der Waals surface area contributed by atoms with Crippen LogP contribution in [0.4, 0.5) is 4.39 Å². The third-order valence-electron chi connectivity index (χ3n) is 4.64. The summed E-state index contributed by atoms with van der Waals surface area (Å²) in [6, 6.07) is 6.29. The maximum absolute atomic E-state index is 13.2. The number of rotatable bonds is 6. The zero-order chi connectivity index (χ0) is 15.2. The molecule has 1 aliphatic rings. The number of hydrogen-bond acceptors (Lipinski definition) is 2. The van der Waals surface area contributed by atoms with Crippen molar-refractivity contribution in [3.05, 3.63) is 35.1 Å². The van der Waals surface area contributed by atoms with Crippen molar-refractivity contribution in [3.8, 4) is 0 Å². The number of piperidine rings is 1. The highest BCUT2D eigenvalue weighted by molar-refractivity contribution is 5.26. The highest BCUT2D eigenvalue weighted by Crippen LogP contribution is 2.23. The lowest BCUT2D eigenvalue weighted by molar-refractivity contribution is 0.111. The number of halogens is 1. The van der Waals surface area contributed by atoms with Gasteiger partial charge in [-0.25, -0.2) is 4.39 Å². The topological polar surface area (TPSA) is 15.3 Å². The van der Waals surface area contributed by atoms with Crippen LogP contribution in [-0.4, -0.2) is 30.1 Å². The lowest BCUT2D eigenvalue weighted by Gasteiger charge is -2.40. The predicted octanol–water partition coefficient (Wildman–Crippen LogP) is 3.88. The van der Waals surface area contributed by atoms with Crippen LogP contribution in [-0.2, 0) is 6.54 Å². The maximum Gasteiger partial charge on any atom is 0.123 e. The molecule has 118 valence electrons. The summed E-state index contributed by atoms with van der Waals surface area (Å²) >= 11 is 0. The first-order valence-electron chi connectivity index (χ1n) is 8.34. The molecule has 0 amide bonds. The van der Waals surface area contributed by atoms with Crippen LogP contribution >= 0.6 is 0 Å². The van der Waals surface area contributed by atoms with Crippen molar-refractivity contribution in [1.82, 2.24) is 10.2 Å². The molecule has 1 saturated heterocycles. The van der Waals surface area contributed by atoms with E-state index >= 15 is 0 Å². The molecule has 2 atom stereocenters. The molecule has 0 aliphatic carbocycles. The normalized spacial score (nSPS) is 21.4. The van der Waals surface area contributed by atoms with Gasteiger partial charge in [-0.2, -0.15) is 0 Å². The maximum atomic E-state index is 13.2. The first-order valence-corrected chi connectivity index (χ1v) is 8.34. The minimum atomic E-state index is -0.135. The van der Waals surface area contributed by atoms with E-state index in [4.69, 9.17) is 0 Å². The summed E-state index contributed by atoms with van der Waals surface area (Å²) in [6.45, 7) is 9.70. The first kappa shape index (κ1) is 16.4. The first-order chi connectivity index (χ1) is 10.1. The van der Waals surface area contributed by atoms with Crippen molar-refractivity contribution in [2.75, 3.05) is 13.1 Å². The monoisotopic (exact) mass is 292 g/mol. The van der Waals surface area contributed by atoms with Crippen molar-refractivity contribution in [1.29, 1.82) is 0 Å². The Labute approximate surface area is 128 Å². The fourth-order valence-electron chi connectivity index (χ4n) is 3.34. The molecule has 1 fully saturated rings. The van der Waals surface area contributed by atoms with Crippen LogP contribution in [0.25, 0.3) is 0 Å². The fraction of sp³-hybridized carbons (Fsp3) is 0.667. The van der Waals surface area contributed by atoms with Gasteiger partial charge in [-0.1, -0.05) is 19.4 Å². The van der Waals surface area contributed by atoms with E-state index in [-0.39, 0.29) is 5.82 Å². The SMILES string of the molecule is CCCNC(C)C1CCCCN1Cc1ccc(F)cc1C. The zero-order valence-corrected chi connectivity index (χ0v) is 13.7. The van der Waals surface area contributed by atoms with E-state index < -0.39 is 0 Å². The standard InChI is InChI=1S/C18H29FN2/c1-4-10-20-15(3)18-7-5-6-11-21(18)13-16-8-9-17(19)12-14(16)2/h8-9,12,15,18,20H,4-7,10-11,13H2,1-3H3. The van der Waals surface area contributed by atoms with Crippen LogP contribution in [0.2, 0.25) is 0 Å². The van der Waals surface area contributed by atoms with Crippen LogP contribution in [0.1, 0.15) is 50.7 Å². The molecule has 0 spiro atoms. The number of benzene rings is 1. The molecule has 21 heavy (non-hydrogen) atoms. The Kier molecular flexibility index (Phi) is 6.19. The van der Waals surface area contributed by atoms with Crippen LogP contribution in [0.3, 0.4) is 0 Å². The molecule has 2 rings (SSSR count). The molecule has 1 N–H and O–H groups in total. The molecule has 0 saturated carbocycles. The van der Waals surface area contributed by atoms with Gasteiger partial charge in [-0.3, -0.25) is 4.90 Å². The van der Waals surface area contributed by atoms with E-state index in [1.807, 2.05) is 13.0 Å². The molecule has 0 radical (unpaired) electrons. The van der Waals surface area contributed by atoms with Gasteiger partial charge >= 0.3 is 0 Å². The van der Waals surface area contributed by atoms with Gasteiger partial charge in [0.2, 0.25) is 0 Å². The summed E-state index contributed by atoms with van der Waals surface area (Å²) in [5, 5.41) is 3.64. The van der Waals surface area contributed by atoms with E-state index in [0.29, 0.717) is 12.1 Å². The van der Waals surface area contributed by atoms with Gasteiger partial charge in [0.25, 0.3) is 0 Å². The fourth-order valence-corrected chi connectivity index (χ4v) is 3.34. The molecule has 0 aromatic heterocycles. The van der Waals surface area contributed by atoms with Crippen molar-refractivity contribution in [3.63, 3.8) is 0 Å². The van der Waals surface area contributed by atoms with Gasteiger partial charge in [0, 0.05) is 18.6 Å². The van der Waals surface area contributed by atoms with E-state index in [9.17, 15) is 4.39 Å². The van der Waals surface area contributed by atoms with Crippen molar-refractivity contribution < 1.29 is 4.39 Å². The number of aryl methyl sites for hydroxylation is 1. The molecular formula is C18H29FN2. The average molecular weight is 292 g/mol. The highest BCUT2D eigenvalue weighted by Gasteiger charge is 2.27. The van der Waals surface area contributed by atoms with Gasteiger partial charge in [0.1, 0.15) is 5.82 Å². The second kappa shape index (κ2) is 7.90. The second-order valence-electron chi connectivity index (χ2n) is 6.35. The summed E-state index contributed by atoms with van der Waals surface area (Å²) in [5.74, 6) is -0.135. The Balaban J connectivity index is 2.04. The van der Waals surface area contributed by atoms with Crippen molar-refractivity contribution >= 4 is 0 Å². The van der Waals surface area contributed by atoms with E-state index in [0.717, 1.165) is 25.2 Å². The number of likely N-dealkylation sites (tertiary alicyclic amines) is 1. The van der Waals surface area contributed by atoms with Gasteiger partial charge in [0.15, 0.2) is 0 Å². The Hall–Kier alpha value is -0.930. The molecule has 2 unspecified atom stereocenters. The van der Waals surface area contributed by atoms with E-state index in [2.05, 4.69) is 24.1 Å². The average Bonchev–Trinajstić information content (AvgIpc) is 2.48. The summed E-state index contributed by atoms with van der Waals surface area (Å²) in [4.78, 5) is 2.58. The molecule has 1 aromatic carbocycles. The Bertz CT molecular complexity index is 447. The van der Waals surface area contributed by atoms with Crippen LogP contribution in [0.5, 0.6) is 0 Å². The van der Waals surface area contributed by atoms with Crippen molar-refractivity contribution in [2.45, 2.75) is 65.1 Å². The molecule has 1 aromatic rings. The summed E-state index contributed by atoms with van der Waals surface area (Å²) < 4.78 is 13.2. The van der Waals surface area contributed by atoms with E-state index in [1.165, 1.54) is 31.2 Å². The molecule has 0 bridgehead atoms. The minimum absolute atomic E-state index is 0.135. The summed E-state index contributed by atoms with van der Waals surface area (Å²) in [7, 11) is 0. The zero-order valence-electron chi connectivity index (χ0n) is 13.7. The van der Waals surface area contributed by atoms with Gasteiger partial charge < -0.3 is 5.32 Å². The third-order valence-corrected chi connectivity index (χ3v) is 4.64. The lowest BCUT2D eigenvalue weighted by atomic mass is 9.95. The van der Waals surface area contributed by atoms with Crippen molar-refractivity contribution in [2.24, 2.45) is 0 Å². The Morgan fingerprint density at radius 3 is 2.90 bits per heavy atom. The van der Waals surface area contributed by atoms with Crippen LogP contribution in [0, 0.1) is 12.7 Å². The second-order valence-corrected chi connectivity index (χ2v) is 6.35. The summed E-state index contributed by atoms with van der Waals surface area (Å²) in [6.07, 6.45) is 5.03. The molecule has 3 heteroatoms. The number of hydrogen-bond donors (Lipinski definition) is 1. The number of nitrogens with zero attached hydrogens (tertiary/aromatic N) is 1. The Morgan fingerprint density at radius 2 is 2.19 bits per heavy atom. The minimum Gasteiger partial charge on any atom is -0.313 e.